The maximum atomic E-state index is 12.7. The van der Waals surface area contributed by atoms with Gasteiger partial charge in [0.15, 0.2) is 0 Å². The lowest BCUT2D eigenvalue weighted by Crippen LogP contribution is -2.53. The zero-order chi connectivity index (χ0) is 15.5. The van der Waals surface area contributed by atoms with Crippen LogP contribution in [0.3, 0.4) is 0 Å². The molecule has 128 valence electrons. The molecule has 0 spiro atoms. The second-order valence-corrected chi connectivity index (χ2v) is 6.77. The molecule has 2 bridgehead atoms. The number of fused-ring (bicyclic) bond motifs is 2. The summed E-state index contributed by atoms with van der Waals surface area (Å²) in [7, 11) is 1.65. The third-order valence-electron chi connectivity index (χ3n) is 5.24. The fourth-order valence-electron chi connectivity index (χ4n) is 4.28. The largest absolute Gasteiger partial charge is 0.380 e. The highest BCUT2D eigenvalue weighted by Crippen LogP contribution is 2.39. The summed E-state index contributed by atoms with van der Waals surface area (Å²) < 4.78 is 5.20. The van der Waals surface area contributed by atoms with Crippen LogP contribution in [0.15, 0.2) is 24.3 Å². The van der Waals surface area contributed by atoms with Crippen LogP contribution in [-0.4, -0.2) is 25.1 Å². The van der Waals surface area contributed by atoms with Crippen LogP contribution < -0.4 is 11.1 Å². The van der Waals surface area contributed by atoms with Crippen molar-refractivity contribution in [1.29, 1.82) is 0 Å². The number of carbonyl (C=O) groups is 1. The zero-order valence-electron chi connectivity index (χ0n) is 13.7. The van der Waals surface area contributed by atoms with Gasteiger partial charge >= 0.3 is 0 Å². The first kappa shape index (κ1) is 18.2. The Kier molecular flexibility index (Phi) is 6.45. The summed E-state index contributed by atoms with van der Waals surface area (Å²) in [5, 5.41) is 3.31. The molecule has 23 heavy (non-hydrogen) atoms. The molecular formula is C18H27ClN2O2. The smallest absolute Gasteiger partial charge is 0.251 e. The molecule has 2 unspecified atom stereocenters. The Morgan fingerprint density at radius 3 is 2.57 bits per heavy atom. The van der Waals surface area contributed by atoms with Crippen molar-refractivity contribution in [3.63, 3.8) is 0 Å². The van der Waals surface area contributed by atoms with E-state index in [0.29, 0.717) is 24.5 Å². The molecule has 1 aromatic carbocycles. The Bertz CT molecular complexity index is 524. The van der Waals surface area contributed by atoms with E-state index in [9.17, 15) is 4.79 Å². The first-order chi connectivity index (χ1) is 10.7. The van der Waals surface area contributed by atoms with Crippen LogP contribution in [0.4, 0.5) is 0 Å². The molecule has 2 atom stereocenters. The Hall–Kier alpha value is -1.10. The zero-order valence-corrected chi connectivity index (χ0v) is 14.5. The highest BCUT2D eigenvalue weighted by Gasteiger charge is 2.40. The normalized spacial score (nSPS) is 29.5. The van der Waals surface area contributed by atoms with Crippen LogP contribution in [0.5, 0.6) is 0 Å². The van der Waals surface area contributed by atoms with E-state index in [4.69, 9.17) is 10.5 Å². The predicted octanol–water partition coefficient (Wildman–Crippen LogP) is 2.89. The van der Waals surface area contributed by atoms with Gasteiger partial charge in [-0.1, -0.05) is 24.6 Å². The van der Waals surface area contributed by atoms with Gasteiger partial charge < -0.3 is 15.8 Å². The highest BCUT2D eigenvalue weighted by molar-refractivity contribution is 5.95. The number of nitrogens with two attached hydrogens (primary N) is 1. The SMILES string of the molecule is COCc1ccccc1C(=O)NC1C2CCCC1CC(N)C2.Cl. The van der Waals surface area contributed by atoms with Crippen LogP contribution in [0, 0.1) is 11.8 Å². The van der Waals surface area contributed by atoms with Crippen LogP contribution in [0.25, 0.3) is 0 Å². The topological polar surface area (TPSA) is 64.3 Å². The molecule has 0 heterocycles. The third kappa shape index (κ3) is 4.06. The summed E-state index contributed by atoms with van der Waals surface area (Å²) in [5.41, 5.74) is 7.84. The molecule has 0 saturated heterocycles. The summed E-state index contributed by atoms with van der Waals surface area (Å²) in [6.07, 6.45) is 5.74. The minimum Gasteiger partial charge on any atom is -0.380 e. The van der Waals surface area contributed by atoms with Gasteiger partial charge in [-0.25, -0.2) is 0 Å². The molecule has 2 fully saturated rings. The van der Waals surface area contributed by atoms with Crippen molar-refractivity contribution < 1.29 is 9.53 Å². The molecule has 2 aliphatic carbocycles. The first-order valence-corrected chi connectivity index (χ1v) is 8.32. The van der Waals surface area contributed by atoms with Gasteiger partial charge in [-0.15, -0.1) is 12.4 Å². The molecule has 0 radical (unpaired) electrons. The molecule has 4 nitrogen and oxygen atoms in total. The number of nitrogens with one attached hydrogen (secondary N) is 1. The second-order valence-electron chi connectivity index (χ2n) is 6.77. The van der Waals surface area contributed by atoms with Gasteiger partial charge in [-0.05, 0) is 49.1 Å². The van der Waals surface area contributed by atoms with E-state index in [-0.39, 0.29) is 24.4 Å². The molecule has 5 heteroatoms. The van der Waals surface area contributed by atoms with Gasteiger partial charge in [0.1, 0.15) is 0 Å². The minimum atomic E-state index is 0. The molecule has 2 saturated carbocycles. The number of methoxy groups -OCH3 is 1. The summed E-state index contributed by atoms with van der Waals surface area (Å²) in [6.45, 7) is 0.464. The van der Waals surface area contributed by atoms with E-state index in [1.54, 1.807) is 7.11 Å². The van der Waals surface area contributed by atoms with Gasteiger partial charge in [0.2, 0.25) is 0 Å². The van der Waals surface area contributed by atoms with E-state index in [1.165, 1.54) is 19.3 Å². The van der Waals surface area contributed by atoms with Crippen molar-refractivity contribution in [1.82, 2.24) is 5.32 Å². The number of carbonyl (C=O) groups excluding carboxylic acids is 1. The molecule has 3 N–H and O–H groups in total. The Labute approximate surface area is 144 Å². The summed E-state index contributed by atoms with van der Waals surface area (Å²) in [4.78, 5) is 12.7. The van der Waals surface area contributed by atoms with Crippen molar-refractivity contribution in [3.05, 3.63) is 35.4 Å². The fourth-order valence-corrected chi connectivity index (χ4v) is 4.28. The Balaban J connectivity index is 0.00000192. The lowest BCUT2D eigenvalue weighted by atomic mass is 9.67. The number of hydrogen-bond acceptors (Lipinski definition) is 3. The molecule has 1 aromatic rings. The third-order valence-corrected chi connectivity index (χ3v) is 5.24. The maximum absolute atomic E-state index is 12.7. The number of rotatable bonds is 4. The van der Waals surface area contributed by atoms with E-state index >= 15 is 0 Å². The van der Waals surface area contributed by atoms with Crippen molar-refractivity contribution in [2.75, 3.05) is 7.11 Å². The van der Waals surface area contributed by atoms with Crippen LogP contribution >= 0.6 is 12.4 Å². The van der Waals surface area contributed by atoms with Crippen molar-refractivity contribution in [2.24, 2.45) is 17.6 Å². The number of benzene rings is 1. The molecule has 3 rings (SSSR count). The average molecular weight is 339 g/mol. The van der Waals surface area contributed by atoms with E-state index in [2.05, 4.69) is 5.32 Å². The molecule has 2 aliphatic rings. The standard InChI is InChI=1S/C18H26N2O2.ClH/c1-22-11-14-5-2-3-8-16(14)18(21)20-17-12-6-4-7-13(17)10-15(19)9-12;/h2-3,5,8,12-13,15,17H,4,6-7,9-11,19H2,1H3,(H,20,21);1H. The minimum absolute atomic E-state index is 0. The van der Waals surface area contributed by atoms with Crippen molar-refractivity contribution in [3.8, 4) is 0 Å². The molecule has 0 aliphatic heterocycles. The summed E-state index contributed by atoms with van der Waals surface area (Å²) in [6, 6.07) is 8.29. The molecule has 0 aromatic heterocycles. The highest BCUT2D eigenvalue weighted by atomic mass is 35.5. The van der Waals surface area contributed by atoms with Crippen LogP contribution in [0.1, 0.15) is 48.0 Å². The summed E-state index contributed by atoms with van der Waals surface area (Å²) in [5.74, 6) is 1.12. The monoisotopic (exact) mass is 338 g/mol. The van der Waals surface area contributed by atoms with Gasteiger partial charge in [0, 0.05) is 24.8 Å². The Morgan fingerprint density at radius 2 is 1.91 bits per heavy atom. The molecule has 1 amide bonds. The van der Waals surface area contributed by atoms with Gasteiger partial charge in [0.25, 0.3) is 5.91 Å². The lowest BCUT2D eigenvalue weighted by molar-refractivity contribution is 0.0752. The van der Waals surface area contributed by atoms with Crippen LogP contribution in [-0.2, 0) is 11.3 Å². The van der Waals surface area contributed by atoms with Gasteiger partial charge in [0.05, 0.1) is 6.61 Å². The number of ether oxygens (including phenoxy) is 1. The van der Waals surface area contributed by atoms with E-state index < -0.39 is 0 Å². The van der Waals surface area contributed by atoms with E-state index in [1.807, 2.05) is 24.3 Å². The van der Waals surface area contributed by atoms with Crippen molar-refractivity contribution in [2.45, 2.75) is 50.8 Å². The first-order valence-electron chi connectivity index (χ1n) is 8.32. The number of halogens is 1. The van der Waals surface area contributed by atoms with E-state index in [0.717, 1.165) is 24.0 Å². The number of amides is 1. The maximum Gasteiger partial charge on any atom is 0.251 e. The lowest BCUT2D eigenvalue weighted by Gasteiger charge is -2.45. The Morgan fingerprint density at radius 1 is 1.26 bits per heavy atom. The van der Waals surface area contributed by atoms with Gasteiger partial charge in [-0.3, -0.25) is 4.79 Å². The second kappa shape index (κ2) is 8.13. The summed E-state index contributed by atoms with van der Waals surface area (Å²) >= 11 is 0. The predicted molar refractivity (Wildman–Crippen MR) is 93.7 cm³/mol. The molecular weight excluding hydrogens is 312 g/mol. The van der Waals surface area contributed by atoms with Crippen molar-refractivity contribution >= 4 is 18.3 Å². The van der Waals surface area contributed by atoms with Gasteiger partial charge in [-0.2, -0.15) is 0 Å². The average Bonchev–Trinajstić information content (AvgIpc) is 2.49. The number of hydrogen-bond donors (Lipinski definition) is 2. The quantitative estimate of drug-likeness (QED) is 0.887. The van der Waals surface area contributed by atoms with Crippen LogP contribution in [0.2, 0.25) is 0 Å². The fraction of sp³-hybridized carbons (Fsp3) is 0.611.